The molecule has 5 N–H and O–H groups in total. The number of carbonyl (C=O) groups is 1. The number of amides is 1. The van der Waals surface area contributed by atoms with E-state index in [2.05, 4.69) is 30.3 Å². The molecule has 14 nitrogen and oxygen atoms in total. The van der Waals surface area contributed by atoms with Crippen LogP contribution in [0, 0.1) is 0 Å². The Morgan fingerprint density at radius 3 is 2.85 bits per heavy atom. The number of benzene rings is 1. The summed E-state index contributed by atoms with van der Waals surface area (Å²) in [5.74, 6) is -0.0173. The van der Waals surface area contributed by atoms with Crippen molar-refractivity contribution in [3.8, 4) is 11.8 Å². The zero-order valence-electron chi connectivity index (χ0n) is 22.3. The van der Waals surface area contributed by atoms with Gasteiger partial charge in [0.15, 0.2) is 6.33 Å². The maximum absolute atomic E-state index is 12.8. The molecule has 0 bridgehead atoms. The second-order valence-corrected chi connectivity index (χ2v) is 10.5. The van der Waals surface area contributed by atoms with Crippen molar-refractivity contribution in [3.05, 3.63) is 63.3 Å². The summed E-state index contributed by atoms with van der Waals surface area (Å²) in [6, 6.07) is 5.66. The van der Waals surface area contributed by atoms with E-state index in [1.165, 1.54) is 12.8 Å². The summed E-state index contributed by atoms with van der Waals surface area (Å²) in [5.41, 5.74) is 2.68. The smallest absolute Gasteiger partial charge is 0.395 e. The molecule has 5 heterocycles. The summed E-state index contributed by atoms with van der Waals surface area (Å²) in [6.07, 6.45) is 10.3. The molecule has 41 heavy (non-hydrogen) atoms. The highest BCUT2D eigenvalue weighted by Crippen LogP contribution is 2.22. The zero-order valence-corrected chi connectivity index (χ0v) is 22.3. The molecule has 1 saturated heterocycles. The lowest BCUT2D eigenvalue weighted by molar-refractivity contribution is -0.575. The third kappa shape index (κ3) is 5.09. The predicted molar refractivity (Wildman–Crippen MR) is 147 cm³/mol. The topological polar surface area (TPSA) is 176 Å². The number of nitrogens with zero attached hydrogens (tertiary/aromatic N) is 7. The molecule has 2 fully saturated rings. The number of carbonyl (C=O) groups excluding carboxylic acids is 1. The second kappa shape index (κ2) is 10.3. The number of H-pyrrole nitrogens is 3. The van der Waals surface area contributed by atoms with Gasteiger partial charge in [-0.25, -0.2) is 9.79 Å². The van der Waals surface area contributed by atoms with E-state index >= 15 is 0 Å². The van der Waals surface area contributed by atoms with Crippen LogP contribution in [-0.4, -0.2) is 82.7 Å². The Balaban J connectivity index is 1.20. The van der Waals surface area contributed by atoms with Crippen molar-refractivity contribution in [2.75, 3.05) is 26.2 Å². The van der Waals surface area contributed by atoms with Gasteiger partial charge in [-0.2, -0.15) is 14.2 Å². The molecule has 1 aliphatic heterocycles. The number of likely N-dealkylation sites (tertiary alicyclic amines) is 1. The number of nitrogens with one attached hydrogen (secondary N) is 4. The van der Waals surface area contributed by atoms with E-state index in [9.17, 15) is 14.7 Å². The van der Waals surface area contributed by atoms with Crippen molar-refractivity contribution in [1.29, 1.82) is 0 Å². The molecule has 0 radical (unpaired) electrons. The number of aromatic hydroxyl groups is 1. The molecule has 4 aromatic heterocycles. The molecular formula is C27H30N11O3+. The van der Waals surface area contributed by atoms with Crippen LogP contribution < -0.4 is 26.4 Å². The average molecular weight is 557 g/mol. The molecule has 210 valence electrons. The van der Waals surface area contributed by atoms with Crippen LogP contribution in [0.5, 0.6) is 5.88 Å². The van der Waals surface area contributed by atoms with Gasteiger partial charge in [0.2, 0.25) is 11.5 Å². The zero-order chi connectivity index (χ0) is 27.9. The summed E-state index contributed by atoms with van der Waals surface area (Å²) in [4.78, 5) is 49.1. The minimum atomic E-state index is -0.519. The highest BCUT2D eigenvalue weighted by atomic mass is 16.3. The molecule has 7 rings (SSSR count). The fourth-order valence-electron chi connectivity index (χ4n) is 5.16. The maximum Gasteiger partial charge on any atom is 0.395 e. The van der Waals surface area contributed by atoms with Gasteiger partial charge in [0.1, 0.15) is 16.7 Å². The van der Waals surface area contributed by atoms with E-state index in [1.807, 2.05) is 12.1 Å². The molecule has 1 aliphatic carbocycles. The number of imidazole rings is 2. The molecule has 1 saturated carbocycles. The van der Waals surface area contributed by atoms with Gasteiger partial charge in [-0.05, 0) is 76.0 Å². The third-order valence-corrected chi connectivity index (χ3v) is 7.46. The van der Waals surface area contributed by atoms with Crippen LogP contribution in [0.4, 0.5) is 0 Å². The fourth-order valence-corrected chi connectivity index (χ4v) is 5.16. The first kappa shape index (κ1) is 25.1. The van der Waals surface area contributed by atoms with E-state index in [4.69, 9.17) is 15.0 Å². The second-order valence-electron chi connectivity index (χ2n) is 10.5. The molecule has 0 unspecified atom stereocenters. The highest BCUT2D eigenvalue weighted by Gasteiger charge is 2.24. The van der Waals surface area contributed by atoms with Gasteiger partial charge in [0, 0.05) is 12.1 Å². The van der Waals surface area contributed by atoms with Crippen LogP contribution in [-0.2, 0) is 0 Å². The third-order valence-electron chi connectivity index (χ3n) is 7.46. The van der Waals surface area contributed by atoms with E-state index in [1.54, 1.807) is 33.7 Å². The van der Waals surface area contributed by atoms with Crippen LogP contribution in [0.25, 0.3) is 28.7 Å². The Morgan fingerprint density at radius 2 is 2.07 bits per heavy atom. The largest absolute Gasteiger partial charge is 0.493 e. The molecule has 0 spiro atoms. The monoisotopic (exact) mass is 556 g/mol. The van der Waals surface area contributed by atoms with Crippen LogP contribution in [0.3, 0.4) is 0 Å². The normalized spacial score (nSPS) is 16.9. The lowest BCUT2D eigenvalue weighted by atomic mass is 10.2. The minimum Gasteiger partial charge on any atom is -0.493 e. The van der Waals surface area contributed by atoms with E-state index in [0.29, 0.717) is 34.5 Å². The fraction of sp³-hybridized carbons (Fsp3) is 0.370. The Bertz CT molecular complexity index is 1940. The van der Waals surface area contributed by atoms with Crippen molar-refractivity contribution in [2.24, 2.45) is 4.99 Å². The molecule has 0 atom stereocenters. The Labute approximate surface area is 232 Å². The molecule has 1 amide bonds. The van der Waals surface area contributed by atoms with Gasteiger partial charge in [0.05, 0.1) is 17.5 Å². The number of fused-ring (bicyclic) bond motifs is 2. The molecular weight excluding hydrogens is 526 g/mol. The average Bonchev–Trinajstić information content (AvgIpc) is 3.33. The molecule has 2 aliphatic rings. The van der Waals surface area contributed by atoms with Gasteiger partial charge in [-0.15, -0.1) is 0 Å². The van der Waals surface area contributed by atoms with Gasteiger partial charge < -0.3 is 20.3 Å². The quantitative estimate of drug-likeness (QED) is 0.126. The lowest BCUT2D eigenvalue weighted by Gasteiger charge is -2.14. The van der Waals surface area contributed by atoms with Crippen molar-refractivity contribution in [2.45, 2.75) is 38.1 Å². The van der Waals surface area contributed by atoms with Crippen molar-refractivity contribution >= 4 is 28.7 Å². The van der Waals surface area contributed by atoms with Crippen LogP contribution in [0.15, 0.2) is 40.5 Å². The van der Waals surface area contributed by atoms with E-state index < -0.39 is 5.69 Å². The Kier molecular flexibility index (Phi) is 6.30. The molecule has 1 aromatic carbocycles. The molecule has 5 aromatic rings. The van der Waals surface area contributed by atoms with Crippen LogP contribution in [0.1, 0.15) is 48.2 Å². The maximum atomic E-state index is 12.8. The summed E-state index contributed by atoms with van der Waals surface area (Å²) in [6.45, 7) is 3.96. The first-order chi connectivity index (χ1) is 20.0. The van der Waals surface area contributed by atoms with Gasteiger partial charge in [0.25, 0.3) is 5.91 Å². The SMILES string of the molecule is O=C(NCCCN1CCCC1)c1ccc2c(c1)[nH]c[n+]2-c1nc(=NC2CC2)n2ncc(=Cc3[nH]c(=O)[nH]c3O)c2n1. The number of aromatic nitrogens is 8. The first-order valence-electron chi connectivity index (χ1n) is 13.9. The number of hydrogen-bond acceptors (Lipinski definition) is 8. The van der Waals surface area contributed by atoms with E-state index in [-0.39, 0.29) is 23.5 Å². The van der Waals surface area contributed by atoms with Crippen LogP contribution >= 0.6 is 0 Å². The lowest BCUT2D eigenvalue weighted by Crippen LogP contribution is -2.37. The number of hydrogen-bond donors (Lipinski definition) is 5. The van der Waals surface area contributed by atoms with E-state index in [0.717, 1.165) is 49.9 Å². The summed E-state index contributed by atoms with van der Waals surface area (Å²) in [7, 11) is 0. The predicted octanol–water partition coefficient (Wildman–Crippen LogP) is -0.569. The first-order valence-corrected chi connectivity index (χ1v) is 13.9. The summed E-state index contributed by atoms with van der Waals surface area (Å²) >= 11 is 0. The minimum absolute atomic E-state index is 0.108. The van der Waals surface area contributed by atoms with Gasteiger partial charge >= 0.3 is 17.3 Å². The number of rotatable bonds is 8. The van der Waals surface area contributed by atoms with Crippen molar-refractivity contribution in [1.82, 2.24) is 44.8 Å². The Hall–Kier alpha value is -4.85. The van der Waals surface area contributed by atoms with Gasteiger partial charge in [-0.3, -0.25) is 14.8 Å². The van der Waals surface area contributed by atoms with Crippen molar-refractivity contribution < 1.29 is 14.5 Å². The van der Waals surface area contributed by atoms with Gasteiger partial charge in [-0.1, -0.05) is 9.97 Å². The molecule has 14 heteroatoms. The van der Waals surface area contributed by atoms with Crippen molar-refractivity contribution in [3.63, 3.8) is 0 Å². The summed E-state index contributed by atoms with van der Waals surface area (Å²) < 4.78 is 3.35. The van der Waals surface area contributed by atoms with Crippen LogP contribution in [0.2, 0.25) is 0 Å². The highest BCUT2D eigenvalue weighted by molar-refractivity contribution is 5.96. The standard InChI is InChI=1S/C27H29N11O3/c39-23(28-8-3-11-36-9-1-2-10-36)16-4-7-21-19(12-16)29-15-37(21)25-33-22-17(13-20-24(40)34-27(41)32-20)14-30-38(22)26(35-25)31-18-5-6-18/h4,7,12-15,18H,1-3,5-6,8-11H2,(H4,28,30,31,32,33,34,35,39,40,41)/p+1. The summed E-state index contributed by atoms with van der Waals surface area (Å²) in [5, 5.41) is 18.1. The Morgan fingerprint density at radius 1 is 1.22 bits per heavy atom. The number of aromatic amines is 3.